The molecule has 3 rings (SSSR count). The number of benzene rings is 1. The fraction of sp³-hybridized carbons (Fsp3) is 0.500. The molecule has 0 unspecified atom stereocenters. The van der Waals surface area contributed by atoms with Gasteiger partial charge in [-0.3, -0.25) is 4.68 Å². The molecule has 1 aliphatic rings. The van der Waals surface area contributed by atoms with Crippen LogP contribution in [0.15, 0.2) is 35.7 Å². The maximum atomic E-state index is 13.0. The third-order valence-corrected chi connectivity index (χ3v) is 6.37. The van der Waals surface area contributed by atoms with Gasteiger partial charge < -0.3 is 0 Å². The van der Waals surface area contributed by atoms with E-state index in [1.165, 1.54) is 6.33 Å². The number of hydrogen-bond acceptors (Lipinski definition) is 4. The lowest BCUT2D eigenvalue weighted by Gasteiger charge is -2.32. The second kappa shape index (κ2) is 6.41. The molecule has 1 atom stereocenters. The van der Waals surface area contributed by atoms with Crippen molar-refractivity contribution in [3.05, 3.63) is 42.0 Å². The van der Waals surface area contributed by atoms with Gasteiger partial charge in [-0.15, -0.1) is 0 Å². The quantitative estimate of drug-likeness (QED) is 0.857. The third kappa shape index (κ3) is 3.45. The van der Waals surface area contributed by atoms with Gasteiger partial charge in [-0.2, -0.15) is 9.40 Å². The topological polar surface area (TPSA) is 68.1 Å². The summed E-state index contributed by atoms with van der Waals surface area (Å²) in [7, 11) is -3.43. The van der Waals surface area contributed by atoms with Gasteiger partial charge in [-0.1, -0.05) is 17.7 Å². The van der Waals surface area contributed by atoms with Gasteiger partial charge in [0.25, 0.3) is 0 Å². The Hall–Kier alpha value is -1.73. The van der Waals surface area contributed by atoms with Gasteiger partial charge in [0, 0.05) is 19.6 Å². The summed E-state index contributed by atoms with van der Waals surface area (Å²) in [5.41, 5.74) is 1.88. The lowest BCUT2D eigenvalue weighted by atomic mass is 10.00. The molecule has 1 aliphatic heterocycles. The van der Waals surface area contributed by atoms with Crippen molar-refractivity contribution < 1.29 is 8.42 Å². The van der Waals surface area contributed by atoms with Crippen LogP contribution in [0.25, 0.3) is 0 Å². The van der Waals surface area contributed by atoms with E-state index in [9.17, 15) is 8.42 Å². The highest BCUT2D eigenvalue weighted by molar-refractivity contribution is 7.89. The van der Waals surface area contributed by atoms with E-state index in [1.807, 2.05) is 26.0 Å². The van der Waals surface area contributed by atoms with Crippen molar-refractivity contribution in [2.45, 2.75) is 38.1 Å². The predicted octanol–water partition coefficient (Wildman–Crippen LogP) is 2.00. The Kier molecular flexibility index (Phi) is 4.50. The van der Waals surface area contributed by atoms with Crippen LogP contribution in [-0.4, -0.2) is 40.6 Å². The van der Waals surface area contributed by atoms with Crippen molar-refractivity contribution in [1.82, 2.24) is 19.1 Å². The van der Waals surface area contributed by atoms with Crippen molar-refractivity contribution in [2.75, 3.05) is 13.1 Å². The molecule has 6 nitrogen and oxygen atoms in total. The van der Waals surface area contributed by atoms with Crippen LogP contribution in [0.3, 0.4) is 0 Å². The Morgan fingerprint density at radius 2 is 2.13 bits per heavy atom. The zero-order valence-corrected chi connectivity index (χ0v) is 14.3. The minimum atomic E-state index is -3.43. The molecule has 0 radical (unpaired) electrons. The van der Waals surface area contributed by atoms with E-state index >= 15 is 0 Å². The highest BCUT2D eigenvalue weighted by atomic mass is 32.2. The number of sulfonamides is 1. The van der Waals surface area contributed by atoms with Crippen LogP contribution in [0.4, 0.5) is 0 Å². The molecule has 1 aromatic heterocycles. The highest BCUT2D eigenvalue weighted by Gasteiger charge is 2.31. The van der Waals surface area contributed by atoms with Gasteiger partial charge in [0.05, 0.1) is 4.90 Å². The first-order chi connectivity index (χ1) is 11.0. The minimum Gasteiger partial charge on any atom is -0.253 e. The number of hydrogen-bond donors (Lipinski definition) is 0. The monoisotopic (exact) mass is 334 g/mol. The third-order valence-electron chi connectivity index (χ3n) is 4.34. The molecular weight excluding hydrogens is 312 g/mol. The summed E-state index contributed by atoms with van der Waals surface area (Å²) in [6.45, 7) is 5.66. The number of rotatable bonds is 4. The fourth-order valence-corrected chi connectivity index (χ4v) is 4.97. The maximum absolute atomic E-state index is 13.0. The molecule has 1 saturated heterocycles. The number of aromatic nitrogens is 3. The Morgan fingerprint density at radius 1 is 1.30 bits per heavy atom. The van der Waals surface area contributed by atoms with Crippen LogP contribution in [0.1, 0.15) is 24.0 Å². The molecule has 0 spiro atoms. The van der Waals surface area contributed by atoms with E-state index < -0.39 is 10.0 Å². The van der Waals surface area contributed by atoms with E-state index in [0.29, 0.717) is 24.5 Å². The first-order valence-electron chi connectivity index (χ1n) is 7.86. The molecule has 0 amide bonds. The highest BCUT2D eigenvalue weighted by Crippen LogP contribution is 2.26. The standard InChI is InChI=1S/C16H22N4O2S/c1-13-5-6-16(14(2)8-13)23(21,22)20-7-3-4-15(10-20)9-19-12-17-11-18-19/h5-6,8,11-12,15H,3-4,7,9-10H2,1-2H3/t15-/m1/s1. The molecule has 0 N–H and O–H groups in total. The van der Waals surface area contributed by atoms with Crippen molar-refractivity contribution in [2.24, 2.45) is 5.92 Å². The van der Waals surface area contributed by atoms with Gasteiger partial charge in [0.15, 0.2) is 0 Å². The average Bonchev–Trinajstić information content (AvgIpc) is 3.00. The van der Waals surface area contributed by atoms with Gasteiger partial charge >= 0.3 is 0 Å². The van der Waals surface area contributed by atoms with Crippen LogP contribution < -0.4 is 0 Å². The van der Waals surface area contributed by atoms with E-state index in [1.54, 1.807) is 21.4 Å². The molecule has 124 valence electrons. The van der Waals surface area contributed by atoms with Crippen LogP contribution >= 0.6 is 0 Å². The summed E-state index contributed by atoms with van der Waals surface area (Å²) in [6, 6.07) is 5.50. The van der Waals surface area contributed by atoms with E-state index in [-0.39, 0.29) is 5.92 Å². The number of aryl methyl sites for hydroxylation is 2. The number of piperidine rings is 1. The first kappa shape index (κ1) is 16.1. The van der Waals surface area contributed by atoms with Crippen LogP contribution in [0, 0.1) is 19.8 Å². The Labute approximate surface area is 137 Å². The first-order valence-corrected chi connectivity index (χ1v) is 9.30. The van der Waals surface area contributed by atoms with E-state index in [0.717, 1.165) is 24.0 Å². The Balaban J connectivity index is 1.79. The van der Waals surface area contributed by atoms with Crippen molar-refractivity contribution >= 4 is 10.0 Å². The second-order valence-corrected chi connectivity index (χ2v) is 8.16. The molecule has 2 aromatic rings. The molecule has 0 saturated carbocycles. The summed E-state index contributed by atoms with van der Waals surface area (Å²) in [5, 5.41) is 4.12. The zero-order valence-electron chi connectivity index (χ0n) is 13.5. The summed E-state index contributed by atoms with van der Waals surface area (Å²) in [5.74, 6) is 0.269. The molecule has 1 fully saturated rings. The summed E-state index contributed by atoms with van der Waals surface area (Å²) in [6.07, 6.45) is 5.08. The van der Waals surface area contributed by atoms with Gasteiger partial charge in [-0.25, -0.2) is 13.4 Å². The molecule has 0 bridgehead atoms. The Morgan fingerprint density at radius 3 is 2.83 bits per heavy atom. The Bertz CT molecular complexity index is 771. The molecule has 7 heteroatoms. The SMILES string of the molecule is Cc1ccc(S(=O)(=O)N2CCC[C@H](Cn3cncn3)C2)c(C)c1. The summed E-state index contributed by atoms with van der Waals surface area (Å²) < 4.78 is 29.3. The van der Waals surface area contributed by atoms with Gasteiger partial charge in [0.2, 0.25) is 10.0 Å². The van der Waals surface area contributed by atoms with Crippen LogP contribution in [0.2, 0.25) is 0 Å². The van der Waals surface area contributed by atoms with Crippen molar-refractivity contribution in [1.29, 1.82) is 0 Å². The minimum absolute atomic E-state index is 0.269. The summed E-state index contributed by atoms with van der Waals surface area (Å²) in [4.78, 5) is 4.36. The zero-order chi connectivity index (χ0) is 16.4. The maximum Gasteiger partial charge on any atom is 0.243 e. The van der Waals surface area contributed by atoms with E-state index in [4.69, 9.17) is 0 Å². The molecule has 2 heterocycles. The fourth-order valence-electron chi connectivity index (χ4n) is 3.21. The van der Waals surface area contributed by atoms with Crippen molar-refractivity contribution in [3.8, 4) is 0 Å². The lowest BCUT2D eigenvalue weighted by Crippen LogP contribution is -2.41. The number of nitrogens with zero attached hydrogens (tertiary/aromatic N) is 4. The van der Waals surface area contributed by atoms with Gasteiger partial charge in [0.1, 0.15) is 12.7 Å². The normalized spacial score (nSPS) is 19.8. The largest absolute Gasteiger partial charge is 0.253 e. The molecule has 1 aromatic carbocycles. The van der Waals surface area contributed by atoms with Crippen LogP contribution in [-0.2, 0) is 16.6 Å². The predicted molar refractivity (Wildman–Crippen MR) is 87.4 cm³/mol. The summed E-state index contributed by atoms with van der Waals surface area (Å²) >= 11 is 0. The molecule has 23 heavy (non-hydrogen) atoms. The average molecular weight is 334 g/mol. The van der Waals surface area contributed by atoms with Crippen molar-refractivity contribution in [3.63, 3.8) is 0 Å². The van der Waals surface area contributed by atoms with E-state index in [2.05, 4.69) is 10.1 Å². The van der Waals surface area contributed by atoms with Gasteiger partial charge in [-0.05, 0) is 44.2 Å². The lowest BCUT2D eigenvalue weighted by molar-refractivity contribution is 0.239. The molecular formula is C16H22N4O2S. The second-order valence-electron chi connectivity index (χ2n) is 6.26. The molecule has 0 aliphatic carbocycles. The smallest absolute Gasteiger partial charge is 0.243 e. The van der Waals surface area contributed by atoms with Crippen LogP contribution in [0.5, 0.6) is 0 Å².